The van der Waals surface area contributed by atoms with Gasteiger partial charge in [0.15, 0.2) is 0 Å². The molecule has 3 aliphatic carbocycles. The number of ether oxygens (including phenoxy) is 2. The predicted molar refractivity (Wildman–Crippen MR) is 104 cm³/mol. The standard InChI is InChI=1S/C23H24N2O4/c26-22(14-5-3-9-24-12-14)28-20-18-11-19(17-8-2-1-7-16(17)18)21(20)29-23(27)15-6-4-10-25-13-15/h3-6,9-10,12-13,16-21H,1-2,7-8,11H2. The Kier molecular flexibility index (Phi) is 4.78. The molecule has 2 heterocycles. The lowest BCUT2D eigenvalue weighted by Gasteiger charge is -2.42. The fourth-order valence-corrected chi connectivity index (χ4v) is 5.82. The van der Waals surface area contributed by atoms with Gasteiger partial charge >= 0.3 is 11.9 Å². The average molecular weight is 392 g/mol. The van der Waals surface area contributed by atoms with Crippen LogP contribution < -0.4 is 0 Å². The number of fused-ring (bicyclic) bond motifs is 5. The number of carbonyl (C=O) groups is 2. The lowest BCUT2D eigenvalue weighted by atomic mass is 9.69. The Balaban J connectivity index is 1.39. The summed E-state index contributed by atoms with van der Waals surface area (Å²) in [6.45, 7) is 0. The average Bonchev–Trinajstić information content (AvgIpc) is 3.32. The van der Waals surface area contributed by atoms with Gasteiger partial charge in [-0.15, -0.1) is 0 Å². The van der Waals surface area contributed by atoms with Gasteiger partial charge < -0.3 is 9.47 Å². The van der Waals surface area contributed by atoms with E-state index in [1.807, 2.05) is 0 Å². The lowest BCUT2D eigenvalue weighted by Crippen LogP contribution is -2.47. The molecule has 0 N–H and O–H groups in total. The first kappa shape index (κ1) is 18.3. The number of nitrogens with zero attached hydrogens (tertiary/aromatic N) is 2. The Morgan fingerprint density at radius 1 is 0.759 bits per heavy atom. The number of aromatic nitrogens is 2. The van der Waals surface area contributed by atoms with Gasteiger partial charge in [0.05, 0.1) is 11.1 Å². The van der Waals surface area contributed by atoms with E-state index in [9.17, 15) is 9.59 Å². The van der Waals surface area contributed by atoms with E-state index in [-0.39, 0.29) is 11.8 Å². The van der Waals surface area contributed by atoms with Crippen LogP contribution in [0, 0.1) is 23.7 Å². The number of hydrogen-bond acceptors (Lipinski definition) is 6. The van der Waals surface area contributed by atoms with E-state index in [0.717, 1.165) is 6.42 Å². The van der Waals surface area contributed by atoms with Crippen LogP contribution in [0.2, 0.25) is 0 Å². The van der Waals surface area contributed by atoms with Gasteiger partial charge in [0.1, 0.15) is 12.2 Å². The molecule has 0 radical (unpaired) electrons. The Bertz CT molecular complexity index is 815. The highest BCUT2D eigenvalue weighted by atomic mass is 16.6. The molecule has 6 atom stereocenters. The number of pyridine rings is 2. The molecular formula is C23H24N2O4. The summed E-state index contributed by atoms with van der Waals surface area (Å²) in [5.41, 5.74) is 0.848. The third-order valence-corrected chi connectivity index (χ3v) is 6.97. The van der Waals surface area contributed by atoms with E-state index in [0.29, 0.717) is 23.0 Å². The molecule has 150 valence electrons. The first-order chi connectivity index (χ1) is 14.2. The van der Waals surface area contributed by atoms with Gasteiger partial charge in [-0.1, -0.05) is 12.8 Å². The van der Waals surface area contributed by atoms with E-state index < -0.39 is 24.1 Å². The SMILES string of the molecule is O=C(OC1C2CC(C3CCCCC32)C1OC(=O)c1cccnc1)c1cccnc1. The molecule has 0 spiro atoms. The van der Waals surface area contributed by atoms with Crippen molar-refractivity contribution in [1.29, 1.82) is 0 Å². The monoisotopic (exact) mass is 392 g/mol. The molecule has 3 saturated carbocycles. The van der Waals surface area contributed by atoms with Gasteiger partial charge in [-0.25, -0.2) is 9.59 Å². The summed E-state index contributed by atoms with van der Waals surface area (Å²) >= 11 is 0. The van der Waals surface area contributed by atoms with Crippen LogP contribution in [0.5, 0.6) is 0 Å². The molecular weight excluding hydrogens is 368 g/mol. The second kappa shape index (κ2) is 7.58. The lowest BCUT2D eigenvalue weighted by molar-refractivity contribution is -0.0872. The number of rotatable bonds is 4. The van der Waals surface area contributed by atoms with Gasteiger partial charge in [0.2, 0.25) is 0 Å². The summed E-state index contributed by atoms with van der Waals surface area (Å²) in [7, 11) is 0. The molecule has 0 aliphatic heterocycles. The van der Waals surface area contributed by atoms with E-state index in [1.54, 1.807) is 36.7 Å². The van der Waals surface area contributed by atoms with Gasteiger partial charge in [0, 0.05) is 36.6 Å². The van der Waals surface area contributed by atoms with Gasteiger partial charge in [-0.2, -0.15) is 0 Å². The van der Waals surface area contributed by atoms with Crippen LogP contribution >= 0.6 is 0 Å². The molecule has 3 fully saturated rings. The zero-order valence-electron chi connectivity index (χ0n) is 16.1. The van der Waals surface area contributed by atoms with Crippen molar-refractivity contribution in [3.8, 4) is 0 Å². The zero-order chi connectivity index (χ0) is 19.8. The van der Waals surface area contributed by atoms with Crippen LogP contribution in [0.1, 0.15) is 52.8 Å². The minimum atomic E-state index is -0.398. The zero-order valence-corrected chi connectivity index (χ0v) is 16.1. The summed E-state index contributed by atoms with van der Waals surface area (Å²) in [5.74, 6) is 0.855. The first-order valence-corrected chi connectivity index (χ1v) is 10.4. The van der Waals surface area contributed by atoms with Crippen LogP contribution in [-0.4, -0.2) is 34.1 Å². The molecule has 6 unspecified atom stereocenters. The van der Waals surface area contributed by atoms with Crippen molar-refractivity contribution in [2.24, 2.45) is 23.7 Å². The molecule has 3 aliphatic rings. The first-order valence-electron chi connectivity index (χ1n) is 10.4. The summed E-state index contributed by atoms with van der Waals surface area (Å²) in [6, 6.07) is 6.83. The topological polar surface area (TPSA) is 78.4 Å². The van der Waals surface area contributed by atoms with E-state index >= 15 is 0 Å². The minimum absolute atomic E-state index is 0.262. The predicted octanol–water partition coefficient (Wildman–Crippen LogP) is 3.68. The van der Waals surface area contributed by atoms with Crippen LogP contribution in [-0.2, 0) is 9.47 Å². The molecule has 0 aromatic carbocycles. The highest BCUT2D eigenvalue weighted by Gasteiger charge is 2.61. The fourth-order valence-electron chi connectivity index (χ4n) is 5.82. The summed E-state index contributed by atoms with van der Waals surface area (Å²) in [6.07, 6.45) is 11.3. The summed E-state index contributed by atoms with van der Waals surface area (Å²) in [5, 5.41) is 0. The Morgan fingerprint density at radius 3 is 1.66 bits per heavy atom. The summed E-state index contributed by atoms with van der Waals surface area (Å²) < 4.78 is 11.9. The molecule has 2 bridgehead atoms. The number of hydrogen-bond donors (Lipinski definition) is 0. The second-order valence-corrected chi connectivity index (χ2v) is 8.40. The van der Waals surface area contributed by atoms with Crippen molar-refractivity contribution in [2.75, 3.05) is 0 Å². The molecule has 6 nitrogen and oxygen atoms in total. The third kappa shape index (κ3) is 3.30. The molecule has 5 rings (SSSR count). The van der Waals surface area contributed by atoms with E-state index in [1.165, 1.54) is 38.1 Å². The van der Waals surface area contributed by atoms with Gasteiger partial charge in [-0.05, 0) is 55.4 Å². The van der Waals surface area contributed by atoms with Crippen LogP contribution in [0.3, 0.4) is 0 Å². The van der Waals surface area contributed by atoms with Crippen molar-refractivity contribution in [2.45, 2.75) is 44.3 Å². The quantitative estimate of drug-likeness (QED) is 0.739. The molecule has 0 saturated heterocycles. The maximum atomic E-state index is 12.7. The molecule has 2 aromatic heterocycles. The smallest absolute Gasteiger partial charge is 0.340 e. The van der Waals surface area contributed by atoms with Gasteiger partial charge in [0.25, 0.3) is 0 Å². The molecule has 2 aromatic rings. The number of esters is 2. The van der Waals surface area contributed by atoms with E-state index in [2.05, 4.69) is 9.97 Å². The highest BCUT2D eigenvalue weighted by Crippen LogP contribution is 2.59. The maximum Gasteiger partial charge on any atom is 0.340 e. The Labute approximate surface area is 169 Å². The van der Waals surface area contributed by atoms with Gasteiger partial charge in [-0.3, -0.25) is 9.97 Å². The van der Waals surface area contributed by atoms with Crippen molar-refractivity contribution >= 4 is 11.9 Å². The molecule has 29 heavy (non-hydrogen) atoms. The van der Waals surface area contributed by atoms with E-state index in [4.69, 9.17) is 9.47 Å². The van der Waals surface area contributed by atoms with Crippen molar-refractivity contribution in [3.63, 3.8) is 0 Å². The molecule has 6 heteroatoms. The highest BCUT2D eigenvalue weighted by molar-refractivity contribution is 5.90. The van der Waals surface area contributed by atoms with Crippen LogP contribution in [0.4, 0.5) is 0 Å². The fraction of sp³-hybridized carbons (Fsp3) is 0.478. The Hall–Kier alpha value is -2.76. The summed E-state index contributed by atoms with van der Waals surface area (Å²) in [4.78, 5) is 33.5. The normalized spacial score (nSPS) is 32.4. The van der Waals surface area contributed by atoms with Crippen molar-refractivity contribution in [1.82, 2.24) is 9.97 Å². The second-order valence-electron chi connectivity index (χ2n) is 8.40. The van der Waals surface area contributed by atoms with Crippen molar-refractivity contribution in [3.05, 3.63) is 60.2 Å². The van der Waals surface area contributed by atoms with Crippen LogP contribution in [0.15, 0.2) is 49.1 Å². The minimum Gasteiger partial charge on any atom is -0.454 e. The number of carbonyl (C=O) groups excluding carboxylic acids is 2. The maximum absolute atomic E-state index is 12.7. The largest absolute Gasteiger partial charge is 0.454 e. The molecule has 0 amide bonds. The Morgan fingerprint density at radius 2 is 1.24 bits per heavy atom. The van der Waals surface area contributed by atoms with Crippen molar-refractivity contribution < 1.29 is 19.1 Å². The third-order valence-electron chi connectivity index (χ3n) is 6.97. The van der Waals surface area contributed by atoms with Crippen LogP contribution in [0.25, 0.3) is 0 Å².